The molecule has 4 aromatic rings. The Morgan fingerprint density at radius 1 is 0.926 bits per heavy atom. The fourth-order valence-electron chi connectivity index (χ4n) is 2.81. The van der Waals surface area contributed by atoms with Gasteiger partial charge in [-0.25, -0.2) is 4.98 Å². The fourth-order valence-corrected chi connectivity index (χ4v) is 2.81. The van der Waals surface area contributed by atoms with Crippen LogP contribution in [0.15, 0.2) is 53.3 Å². The van der Waals surface area contributed by atoms with Crippen LogP contribution in [0.25, 0.3) is 22.4 Å². The van der Waals surface area contributed by atoms with Crippen LogP contribution in [-0.4, -0.2) is 29.3 Å². The zero-order chi connectivity index (χ0) is 18.8. The third-order valence-electron chi connectivity index (χ3n) is 4.21. The van der Waals surface area contributed by atoms with Gasteiger partial charge in [0.25, 0.3) is 5.71 Å². The number of fused-ring (bicyclic) bond motifs is 1. The van der Waals surface area contributed by atoms with Crippen molar-refractivity contribution in [3.05, 3.63) is 54.4 Å². The van der Waals surface area contributed by atoms with Crippen LogP contribution in [0.3, 0.4) is 0 Å². The van der Waals surface area contributed by atoms with Gasteiger partial charge in [0.2, 0.25) is 0 Å². The summed E-state index contributed by atoms with van der Waals surface area (Å²) in [7, 11) is 3.22. The molecule has 2 aromatic heterocycles. The van der Waals surface area contributed by atoms with Gasteiger partial charge in [0, 0.05) is 29.4 Å². The van der Waals surface area contributed by atoms with Crippen LogP contribution in [0.1, 0.15) is 5.56 Å². The molecule has 0 atom stereocenters. The van der Waals surface area contributed by atoms with Gasteiger partial charge in [-0.05, 0) is 6.92 Å². The highest BCUT2D eigenvalue weighted by Crippen LogP contribution is 2.34. The summed E-state index contributed by atoms with van der Waals surface area (Å²) in [6.07, 6.45) is 1.44. The van der Waals surface area contributed by atoms with Crippen LogP contribution in [0.5, 0.6) is 11.5 Å². The minimum atomic E-state index is 0.415. The summed E-state index contributed by atoms with van der Waals surface area (Å²) >= 11 is 0. The van der Waals surface area contributed by atoms with E-state index in [9.17, 15) is 0 Å². The molecule has 0 bridgehead atoms. The molecule has 0 radical (unpaired) electrons. The van der Waals surface area contributed by atoms with E-state index >= 15 is 0 Å². The van der Waals surface area contributed by atoms with Crippen LogP contribution < -0.4 is 14.8 Å². The average molecular weight is 362 g/mol. The summed E-state index contributed by atoms with van der Waals surface area (Å²) in [6.45, 7) is 2.04. The molecule has 0 aliphatic carbocycles. The fraction of sp³-hybridized carbons (Fsp3) is 0.150. The predicted octanol–water partition coefficient (Wildman–Crippen LogP) is 4.35. The number of aryl methyl sites for hydroxylation is 1. The first kappa shape index (κ1) is 16.8. The minimum absolute atomic E-state index is 0.415. The quantitative estimate of drug-likeness (QED) is 0.565. The Morgan fingerprint density at radius 2 is 1.63 bits per heavy atom. The van der Waals surface area contributed by atoms with Gasteiger partial charge in [-0.1, -0.05) is 35.0 Å². The Hall–Kier alpha value is -3.61. The number of methoxy groups -OCH3 is 2. The number of nitrogens with one attached hydrogen (secondary N) is 1. The number of hydrogen-bond acceptors (Lipinski definition) is 7. The van der Waals surface area contributed by atoms with Crippen molar-refractivity contribution in [1.82, 2.24) is 15.1 Å². The number of hydrogen-bond donors (Lipinski definition) is 1. The second-order valence-corrected chi connectivity index (χ2v) is 6.03. The van der Waals surface area contributed by atoms with Crippen molar-refractivity contribution in [3.8, 4) is 22.8 Å². The highest BCUT2D eigenvalue weighted by molar-refractivity contribution is 5.98. The molecule has 27 heavy (non-hydrogen) atoms. The Kier molecular flexibility index (Phi) is 4.33. The molecule has 0 amide bonds. The van der Waals surface area contributed by atoms with Crippen LogP contribution >= 0.6 is 0 Å². The van der Waals surface area contributed by atoms with Crippen LogP contribution in [0.2, 0.25) is 0 Å². The summed E-state index contributed by atoms with van der Waals surface area (Å²) in [5.41, 5.74) is 3.97. The lowest BCUT2D eigenvalue weighted by atomic mass is 10.1. The Morgan fingerprint density at radius 3 is 2.30 bits per heavy atom. The van der Waals surface area contributed by atoms with E-state index < -0.39 is 0 Å². The van der Waals surface area contributed by atoms with Gasteiger partial charge < -0.3 is 19.3 Å². The molecule has 0 aliphatic rings. The minimum Gasteiger partial charge on any atom is -0.497 e. The predicted molar refractivity (Wildman–Crippen MR) is 103 cm³/mol. The number of rotatable bonds is 5. The molecule has 0 fully saturated rings. The lowest BCUT2D eigenvalue weighted by Gasteiger charge is -2.11. The maximum atomic E-state index is 5.41. The third kappa shape index (κ3) is 3.27. The summed E-state index contributed by atoms with van der Waals surface area (Å²) in [5, 5.41) is 8.20. The maximum Gasteiger partial charge on any atom is 0.263 e. The molecule has 2 aromatic carbocycles. The average Bonchev–Trinajstić information content (AvgIpc) is 3.13. The topological polar surface area (TPSA) is 82.3 Å². The van der Waals surface area contributed by atoms with E-state index in [1.54, 1.807) is 20.3 Å². The van der Waals surface area contributed by atoms with Gasteiger partial charge in [0.15, 0.2) is 0 Å². The first-order valence-electron chi connectivity index (χ1n) is 8.35. The smallest absolute Gasteiger partial charge is 0.263 e. The van der Waals surface area contributed by atoms with Crippen molar-refractivity contribution in [2.24, 2.45) is 0 Å². The molecule has 1 N–H and O–H groups in total. The first-order valence-corrected chi connectivity index (χ1v) is 8.35. The zero-order valence-corrected chi connectivity index (χ0v) is 15.2. The van der Waals surface area contributed by atoms with Crippen molar-refractivity contribution in [2.75, 3.05) is 19.5 Å². The van der Waals surface area contributed by atoms with E-state index in [0.29, 0.717) is 34.1 Å². The van der Waals surface area contributed by atoms with E-state index in [2.05, 4.69) is 20.4 Å². The number of nitrogens with zero attached hydrogens (tertiary/aromatic N) is 3. The molecule has 2 heterocycles. The summed E-state index contributed by atoms with van der Waals surface area (Å²) in [5.74, 6) is 1.93. The van der Waals surface area contributed by atoms with Crippen molar-refractivity contribution < 1.29 is 14.0 Å². The second-order valence-electron chi connectivity index (χ2n) is 6.03. The van der Waals surface area contributed by atoms with E-state index in [1.165, 1.54) is 11.9 Å². The van der Waals surface area contributed by atoms with Crippen LogP contribution in [0.4, 0.5) is 11.5 Å². The lowest BCUT2D eigenvalue weighted by Crippen LogP contribution is -1.97. The summed E-state index contributed by atoms with van der Waals surface area (Å²) in [4.78, 5) is 8.57. The molecule has 136 valence electrons. The molecule has 0 saturated carbocycles. The largest absolute Gasteiger partial charge is 0.497 e. The normalized spacial score (nSPS) is 10.8. The van der Waals surface area contributed by atoms with E-state index in [4.69, 9.17) is 14.0 Å². The van der Waals surface area contributed by atoms with Crippen molar-refractivity contribution >= 4 is 22.6 Å². The highest BCUT2D eigenvalue weighted by atomic mass is 16.5. The van der Waals surface area contributed by atoms with Crippen LogP contribution in [0, 0.1) is 6.92 Å². The van der Waals surface area contributed by atoms with Gasteiger partial charge in [-0.2, -0.15) is 4.98 Å². The van der Waals surface area contributed by atoms with Crippen molar-refractivity contribution in [1.29, 1.82) is 0 Å². The second kappa shape index (κ2) is 6.95. The van der Waals surface area contributed by atoms with Gasteiger partial charge >= 0.3 is 0 Å². The number of ether oxygens (including phenoxy) is 2. The van der Waals surface area contributed by atoms with E-state index in [1.807, 2.05) is 43.3 Å². The van der Waals surface area contributed by atoms with Gasteiger partial charge in [-0.15, -0.1) is 0 Å². The van der Waals surface area contributed by atoms with Gasteiger partial charge in [0.1, 0.15) is 34.7 Å². The molecule has 7 heteroatoms. The third-order valence-corrected chi connectivity index (χ3v) is 4.21. The van der Waals surface area contributed by atoms with Gasteiger partial charge in [0.05, 0.1) is 14.2 Å². The molecule has 0 unspecified atom stereocenters. The molecule has 0 saturated heterocycles. The van der Waals surface area contributed by atoms with Crippen molar-refractivity contribution in [2.45, 2.75) is 6.92 Å². The molecule has 4 rings (SSSR count). The Labute approximate surface area is 156 Å². The maximum absolute atomic E-state index is 5.41. The Balaban J connectivity index is 1.81. The molecular formula is C20H18N4O3. The molecule has 0 spiro atoms. The number of aromatic nitrogens is 3. The SMILES string of the molecule is COc1cc(Nc2ncnc3onc(-c4ccc(C)cc4)c23)cc(OC)c1. The van der Waals surface area contributed by atoms with E-state index in [0.717, 1.165) is 11.3 Å². The summed E-state index contributed by atoms with van der Waals surface area (Å²) in [6, 6.07) is 13.6. The zero-order valence-electron chi connectivity index (χ0n) is 15.2. The monoisotopic (exact) mass is 362 g/mol. The molecule has 7 nitrogen and oxygen atoms in total. The lowest BCUT2D eigenvalue weighted by molar-refractivity contribution is 0.395. The van der Waals surface area contributed by atoms with Crippen LogP contribution in [-0.2, 0) is 0 Å². The Bertz CT molecular complexity index is 1070. The summed E-state index contributed by atoms with van der Waals surface area (Å²) < 4.78 is 16.1. The number of anilines is 2. The highest BCUT2D eigenvalue weighted by Gasteiger charge is 2.17. The first-order chi connectivity index (χ1) is 13.2. The molecule has 0 aliphatic heterocycles. The van der Waals surface area contributed by atoms with Crippen molar-refractivity contribution in [3.63, 3.8) is 0 Å². The standard InChI is InChI=1S/C20H18N4O3/c1-12-4-6-13(7-5-12)18-17-19(21-11-22-20(17)27-24-18)23-14-8-15(25-2)10-16(9-14)26-3/h4-11H,1-3H3,(H,21,22,23). The number of benzene rings is 2. The van der Waals surface area contributed by atoms with E-state index in [-0.39, 0.29) is 0 Å². The molecular weight excluding hydrogens is 344 g/mol. The van der Waals surface area contributed by atoms with Gasteiger partial charge in [-0.3, -0.25) is 0 Å².